The molecule has 21 heavy (non-hydrogen) atoms. The van der Waals surface area contributed by atoms with Gasteiger partial charge in [-0.25, -0.2) is 0 Å². The molecule has 0 bridgehead atoms. The minimum absolute atomic E-state index is 0.0712. The summed E-state index contributed by atoms with van der Waals surface area (Å²) in [4.78, 5) is 14.1. The molecule has 2 fully saturated rings. The van der Waals surface area contributed by atoms with Crippen LogP contribution in [0.5, 0.6) is 0 Å². The number of hydrogen-bond donors (Lipinski definition) is 2. The topological polar surface area (TPSA) is 89.3 Å². The average molecular weight is 292 g/mol. The van der Waals surface area contributed by atoms with Crippen molar-refractivity contribution in [1.29, 1.82) is 0 Å². The normalized spacial score (nSPS) is 36.0. The van der Waals surface area contributed by atoms with E-state index in [2.05, 4.69) is 22.5 Å². The third-order valence-electron chi connectivity index (χ3n) is 5.05. The largest absolute Gasteiger partial charge is 0.369 e. The molecule has 3 unspecified atom stereocenters. The molecule has 2 aliphatic rings. The molecule has 2 aliphatic heterocycles. The minimum Gasteiger partial charge on any atom is -0.369 e. The lowest BCUT2D eigenvalue weighted by Crippen LogP contribution is -2.70. The van der Waals surface area contributed by atoms with Crippen LogP contribution in [0.25, 0.3) is 0 Å². The van der Waals surface area contributed by atoms with E-state index in [1.54, 1.807) is 12.3 Å². The molecule has 0 spiro atoms. The molecule has 114 valence electrons. The van der Waals surface area contributed by atoms with Crippen LogP contribution < -0.4 is 10.6 Å². The van der Waals surface area contributed by atoms with E-state index in [1.807, 2.05) is 6.92 Å². The molecule has 0 saturated carbocycles. The van der Waals surface area contributed by atoms with Crippen molar-refractivity contribution in [3.05, 3.63) is 34.0 Å². The van der Waals surface area contributed by atoms with Gasteiger partial charge in [0.2, 0.25) is 0 Å². The van der Waals surface area contributed by atoms with Crippen LogP contribution in [0, 0.1) is 15.5 Å². The zero-order chi connectivity index (χ0) is 15.1. The Balaban J connectivity index is 1.87. The summed E-state index contributed by atoms with van der Waals surface area (Å²) < 4.78 is 5.90. The van der Waals surface area contributed by atoms with Crippen LogP contribution in [0.4, 0.5) is 5.82 Å². The predicted molar refractivity (Wildman–Crippen MR) is 77.0 cm³/mol. The summed E-state index contributed by atoms with van der Waals surface area (Å²) in [6, 6.07) is 3.49. The first-order valence-corrected chi connectivity index (χ1v) is 7.16. The highest BCUT2D eigenvalue weighted by Crippen LogP contribution is 2.53. The first-order chi connectivity index (χ1) is 9.97. The Bertz CT molecular complexity index is 544. The summed E-state index contributed by atoms with van der Waals surface area (Å²) in [6.45, 7) is 7.71. The Hall–Kier alpha value is -1.57. The maximum Gasteiger partial charge on any atom is 0.363 e. The lowest BCUT2D eigenvalue weighted by Gasteiger charge is -2.59. The Morgan fingerprint density at radius 3 is 2.71 bits per heavy atom. The number of nitrogens with zero attached hydrogens (tertiary/aromatic N) is 2. The third-order valence-corrected chi connectivity index (χ3v) is 5.05. The number of aromatic nitrogens is 1. The Labute approximate surface area is 123 Å². The van der Waals surface area contributed by atoms with Crippen LogP contribution in [-0.4, -0.2) is 42.2 Å². The van der Waals surface area contributed by atoms with Crippen LogP contribution >= 0.6 is 0 Å². The number of pyridine rings is 1. The molecule has 7 nitrogen and oxygen atoms in total. The quantitative estimate of drug-likeness (QED) is 0.633. The number of nitrogens with one attached hydrogen (secondary N) is 2. The molecule has 0 aliphatic carbocycles. The number of piperazine rings is 1. The van der Waals surface area contributed by atoms with Crippen LogP contribution in [0.3, 0.4) is 0 Å². The SMILES string of the molecule is CC1(c2ccc([N+](=O)[O-])nc2)OCC1(C)C1CNCCN1. The number of hydrogen-bond acceptors (Lipinski definition) is 6. The highest BCUT2D eigenvalue weighted by Gasteiger charge is 2.60. The molecule has 2 saturated heterocycles. The van der Waals surface area contributed by atoms with Crippen molar-refractivity contribution in [2.75, 3.05) is 26.2 Å². The number of rotatable bonds is 3. The van der Waals surface area contributed by atoms with Gasteiger partial charge in [-0.3, -0.25) is 0 Å². The van der Waals surface area contributed by atoms with E-state index in [-0.39, 0.29) is 11.2 Å². The van der Waals surface area contributed by atoms with Gasteiger partial charge in [0.05, 0.1) is 6.61 Å². The van der Waals surface area contributed by atoms with Crippen molar-refractivity contribution >= 4 is 5.82 Å². The minimum atomic E-state index is -0.487. The molecular weight excluding hydrogens is 272 g/mol. The van der Waals surface area contributed by atoms with Crippen molar-refractivity contribution in [3.8, 4) is 0 Å². The van der Waals surface area contributed by atoms with E-state index in [9.17, 15) is 10.1 Å². The highest BCUT2D eigenvalue weighted by molar-refractivity contribution is 5.31. The van der Waals surface area contributed by atoms with E-state index in [0.717, 1.165) is 25.2 Å². The van der Waals surface area contributed by atoms with Gasteiger partial charge < -0.3 is 25.5 Å². The van der Waals surface area contributed by atoms with Crippen LogP contribution in [0.2, 0.25) is 0 Å². The smallest absolute Gasteiger partial charge is 0.363 e. The highest BCUT2D eigenvalue weighted by atomic mass is 16.6. The number of nitro groups is 1. The summed E-state index contributed by atoms with van der Waals surface area (Å²) in [7, 11) is 0. The van der Waals surface area contributed by atoms with E-state index < -0.39 is 10.5 Å². The molecule has 2 N–H and O–H groups in total. The van der Waals surface area contributed by atoms with Gasteiger partial charge >= 0.3 is 5.82 Å². The molecule has 1 aromatic heterocycles. The first kappa shape index (κ1) is 14.4. The van der Waals surface area contributed by atoms with E-state index in [4.69, 9.17) is 4.74 Å². The second kappa shape index (κ2) is 5.01. The van der Waals surface area contributed by atoms with Gasteiger partial charge in [0.15, 0.2) is 0 Å². The van der Waals surface area contributed by atoms with E-state index in [0.29, 0.717) is 12.6 Å². The van der Waals surface area contributed by atoms with Crippen LogP contribution in [0.15, 0.2) is 18.3 Å². The molecular formula is C14H20N4O3. The zero-order valence-electron chi connectivity index (χ0n) is 12.3. The Morgan fingerprint density at radius 2 is 2.24 bits per heavy atom. The first-order valence-electron chi connectivity index (χ1n) is 7.16. The Kier molecular flexibility index (Phi) is 3.43. The van der Waals surface area contributed by atoms with E-state index >= 15 is 0 Å². The van der Waals surface area contributed by atoms with Crippen molar-refractivity contribution in [2.45, 2.75) is 25.5 Å². The third kappa shape index (κ3) is 2.12. The summed E-state index contributed by atoms with van der Waals surface area (Å²) in [5.74, 6) is -0.138. The summed E-state index contributed by atoms with van der Waals surface area (Å²) in [5.41, 5.74) is 0.332. The van der Waals surface area contributed by atoms with Gasteiger partial charge in [-0.15, -0.1) is 0 Å². The molecule has 1 aromatic rings. The maximum absolute atomic E-state index is 10.7. The predicted octanol–water partition coefficient (Wildman–Crippen LogP) is 0.803. The van der Waals surface area contributed by atoms with Crippen molar-refractivity contribution in [1.82, 2.24) is 15.6 Å². The van der Waals surface area contributed by atoms with Gasteiger partial charge in [-0.2, -0.15) is 0 Å². The van der Waals surface area contributed by atoms with Gasteiger partial charge in [-0.05, 0) is 22.9 Å². The fraction of sp³-hybridized carbons (Fsp3) is 0.643. The van der Waals surface area contributed by atoms with Crippen molar-refractivity contribution in [3.63, 3.8) is 0 Å². The molecule has 3 heterocycles. The molecule has 7 heteroatoms. The van der Waals surface area contributed by atoms with E-state index in [1.165, 1.54) is 6.07 Å². The van der Waals surface area contributed by atoms with Crippen molar-refractivity contribution in [2.24, 2.45) is 5.41 Å². The van der Waals surface area contributed by atoms with Gasteiger partial charge in [0.25, 0.3) is 0 Å². The van der Waals surface area contributed by atoms with Crippen LogP contribution in [0.1, 0.15) is 19.4 Å². The maximum atomic E-state index is 10.7. The fourth-order valence-corrected chi connectivity index (χ4v) is 3.24. The lowest BCUT2D eigenvalue weighted by atomic mass is 9.62. The molecule has 0 radical (unpaired) electrons. The molecule has 0 aromatic carbocycles. The standard InChI is InChI=1S/C14H20N4O3/c1-13(11-8-15-5-6-16-11)9-21-14(13,2)10-3-4-12(17-7-10)18(19)20/h3-4,7,11,15-16H,5-6,8-9H2,1-2H3. The molecule has 0 amide bonds. The van der Waals surface area contributed by atoms with Gasteiger partial charge in [0, 0.05) is 42.7 Å². The monoisotopic (exact) mass is 292 g/mol. The fourth-order valence-electron chi connectivity index (χ4n) is 3.24. The summed E-state index contributed by atoms with van der Waals surface area (Å²) in [6.07, 6.45) is 1.56. The van der Waals surface area contributed by atoms with Gasteiger partial charge in [0.1, 0.15) is 11.8 Å². The number of ether oxygens (including phenoxy) is 1. The van der Waals surface area contributed by atoms with Crippen LogP contribution in [-0.2, 0) is 10.3 Å². The average Bonchev–Trinajstić information content (AvgIpc) is 2.53. The molecule has 3 atom stereocenters. The zero-order valence-corrected chi connectivity index (χ0v) is 12.3. The second-order valence-electron chi connectivity index (χ2n) is 6.11. The Morgan fingerprint density at radius 1 is 1.43 bits per heavy atom. The lowest BCUT2D eigenvalue weighted by molar-refractivity contribution is -0.389. The summed E-state index contributed by atoms with van der Waals surface area (Å²) in [5, 5.41) is 17.7. The summed E-state index contributed by atoms with van der Waals surface area (Å²) >= 11 is 0. The van der Waals surface area contributed by atoms with Gasteiger partial charge in [-0.1, -0.05) is 6.92 Å². The second-order valence-corrected chi connectivity index (χ2v) is 6.11. The van der Waals surface area contributed by atoms with Crippen molar-refractivity contribution < 1.29 is 9.66 Å². The molecule has 3 rings (SSSR count).